The van der Waals surface area contributed by atoms with Crippen molar-refractivity contribution >= 4 is 16.8 Å². The normalized spacial score (nSPS) is 11.2. The van der Waals surface area contributed by atoms with Gasteiger partial charge in [0.1, 0.15) is 5.75 Å². The lowest BCUT2D eigenvalue weighted by molar-refractivity contribution is -0.123. The first-order chi connectivity index (χ1) is 12.6. The number of imidazole rings is 1. The average Bonchev–Trinajstić information content (AvgIpc) is 3.28. The van der Waals surface area contributed by atoms with Crippen LogP contribution in [-0.2, 0) is 17.9 Å². The third-order valence-corrected chi connectivity index (χ3v) is 4.33. The van der Waals surface area contributed by atoms with Crippen LogP contribution in [0.25, 0.3) is 10.9 Å². The third-order valence-electron chi connectivity index (χ3n) is 4.33. The fourth-order valence-electron chi connectivity index (χ4n) is 2.85. The zero-order valence-corrected chi connectivity index (χ0v) is 15.4. The van der Waals surface area contributed by atoms with Gasteiger partial charge in [-0.2, -0.15) is 0 Å². The topological polar surface area (TPSA) is 61.1 Å². The van der Waals surface area contributed by atoms with Crippen LogP contribution in [0.2, 0.25) is 0 Å². The summed E-state index contributed by atoms with van der Waals surface area (Å²) in [6.07, 6.45) is 8.54. The Bertz CT molecular complexity index is 837. The smallest absolute Gasteiger partial charge is 0.258 e. The minimum Gasteiger partial charge on any atom is -0.483 e. The summed E-state index contributed by atoms with van der Waals surface area (Å²) in [5, 5.41) is 3.90. The van der Waals surface area contributed by atoms with Crippen molar-refractivity contribution in [3.8, 4) is 5.75 Å². The Morgan fingerprint density at radius 1 is 1.23 bits per heavy atom. The van der Waals surface area contributed by atoms with E-state index in [0.717, 1.165) is 29.6 Å². The van der Waals surface area contributed by atoms with E-state index in [4.69, 9.17) is 4.74 Å². The molecule has 2 aromatic heterocycles. The fraction of sp³-hybridized carbons (Fsp3) is 0.400. The molecule has 3 rings (SSSR count). The molecule has 6 heteroatoms. The Morgan fingerprint density at radius 2 is 2.12 bits per heavy atom. The maximum absolute atomic E-state index is 12.0. The van der Waals surface area contributed by atoms with Crippen molar-refractivity contribution in [1.29, 1.82) is 0 Å². The summed E-state index contributed by atoms with van der Waals surface area (Å²) in [6.45, 7) is 6.70. The average molecular weight is 354 g/mol. The molecule has 1 amide bonds. The Kier molecular flexibility index (Phi) is 5.94. The highest BCUT2D eigenvalue weighted by Gasteiger charge is 2.09. The zero-order chi connectivity index (χ0) is 18.4. The number of benzene rings is 1. The van der Waals surface area contributed by atoms with Gasteiger partial charge in [0, 0.05) is 43.6 Å². The molecule has 3 aromatic rings. The number of ether oxygens (including phenoxy) is 1. The highest BCUT2D eigenvalue weighted by Crippen LogP contribution is 2.27. The SMILES string of the molecule is CC(C)CCn1ccc2c(OCC(=O)NCCn3ccnc3)cccc21. The highest BCUT2D eigenvalue weighted by molar-refractivity contribution is 5.87. The van der Waals surface area contributed by atoms with Crippen LogP contribution in [0, 0.1) is 5.92 Å². The van der Waals surface area contributed by atoms with Crippen LogP contribution >= 0.6 is 0 Å². The predicted molar refractivity (Wildman–Crippen MR) is 102 cm³/mol. The van der Waals surface area contributed by atoms with Crippen LogP contribution < -0.4 is 10.1 Å². The molecule has 1 N–H and O–H groups in total. The number of nitrogens with zero attached hydrogens (tertiary/aromatic N) is 3. The number of aryl methyl sites for hydroxylation is 1. The maximum atomic E-state index is 12.0. The molecule has 0 aliphatic heterocycles. The van der Waals surface area contributed by atoms with Gasteiger partial charge in [-0.15, -0.1) is 0 Å². The van der Waals surface area contributed by atoms with E-state index in [1.165, 1.54) is 0 Å². The summed E-state index contributed by atoms with van der Waals surface area (Å²) in [4.78, 5) is 16.0. The van der Waals surface area contributed by atoms with Crippen molar-refractivity contribution in [2.24, 2.45) is 5.92 Å². The summed E-state index contributed by atoms with van der Waals surface area (Å²) in [6, 6.07) is 8.03. The lowest BCUT2D eigenvalue weighted by Gasteiger charge is -2.10. The second-order valence-electron chi connectivity index (χ2n) is 6.82. The second-order valence-corrected chi connectivity index (χ2v) is 6.82. The van der Waals surface area contributed by atoms with Crippen molar-refractivity contribution in [2.75, 3.05) is 13.2 Å². The van der Waals surface area contributed by atoms with Gasteiger partial charge in [-0.25, -0.2) is 4.98 Å². The van der Waals surface area contributed by atoms with Gasteiger partial charge < -0.3 is 19.2 Å². The molecule has 0 saturated carbocycles. The summed E-state index contributed by atoms with van der Waals surface area (Å²) < 4.78 is 9.93. The highest BCUT2D eigenvalue weighted by atomic mass is 16.5. The van der Waals surface area contributed by atoms with Crippen LogP contribution in [0.5, 0.6) is 5.75 Å². The minimum atomic E-state index is -0.124. The van der Waals surface area contributed by atoms with Crippen LogP contribution in [-0.4, -0.2) is 33.2 Å². The van der Waals surface area contributed by atoms with Crippen LogP contribution in [0.1, 0.15) is 20.3 Å². The molecule has 0 radical (unpaired) electrons. The Balaban J connectivity index is 1.54. The number of carbonyl (C=O) groups excluding carboxylic acids is 1. The summed E-state index contributed by atoms with van der Waals surface area (Å²) in [7, 11) is 0. The monoisotopic (exact) mass is 354 g/mol. The third kappa shape index (κ3) is 4.65. The number of rotatable bonds is 9. The number of carbonyl (C=O) groups is 1. The van der Waals surface area contributed by atoms with E-state index < -0.39 is 0 Å². The summed E-state index contributed by atoms with van der Waals surface area (Å²) in [5.74, 6) is 1.29. The number of amides is 1. The first-order valence-corrected chi connectivity index (χ1v) is 9.06. The maximum Gasteiger partial charge on any atom is 0.258 e. The van der Waals surface area contributed by atoms with Gasteiger partial charge in [0.2, 0.25) is 0 Å². The molecule has 1 aromatic carbocycles. The number of hydrogen-bond acceptors (Lipinski definition) is 3. The molecule has 0 saturated heterocycles. The lowest BCUT2D eigenvalue weighted by Crippen LogP contribution is -2.31. The van der Waals surface area contributed by atoms with E-state index >= 15 is 0 Å². The molecule has 2 heterocycles. The van der Waals surface area contributed by atoms with Crippen molar-refractivity contribution in [1.82, 2.24) is 19.4 Å². The first-order valence-electron chi connectivity index (χ1n) is 9.06. The van der Waals surface area contributed by atoms with Crippen molar-refractivity contribution < 1.29 is 9.53 Å². The van der Waals surface area contributed by atoms with Crippen molar-refractivity contribution in [3.63, 3.8) is 0 Å². The Labute approximate surface area is 153 Å². The van der Waals surface area contributed by atoms with Crippen molar-refractivity contribution in [3.05, 3.63) is 49.2 Å². The van der Waals surface area contributed by atoms with Crippen LogP contribution in [0.3, 0.4) is 0 Å². The van der Waals surface area contributed by atoms with Gasteiger partial charge >= 0.3 is 0 Å². The predicted octanol–water partition coefficient (Wildman–Crippen LogP) is 3.08. The van der Waals surface area contributed by atoms with Gasteiger partial charge in [0.05, 0.1) is 11.8 Å². The van der Waals surface area contributed by atoms with Gasteiger partial charge in [-0.1, -0.05) is 19.9 Å². The standard InChI is InChI=1S/C20H26N4O2/c1-16(2)6-10-24-11-7-17-18(24)4-3-5-19(17)26-14-20(25)22-9-13-23-12-8-21-15-23/h3-5,7-8,11-12,15-16H,6,9-10,13-14H2,1-2H3,(H,22,25). The molecule has 0 aliphatic rings. The fourth-order valence-corrected chi connectivity index (χ4v) is 2.85. The van der Waals surface area contributed by atoms with E-state index in [-0.39, 0.29) is 12.5 Å². The Morgan fingerprint density at radius 3 is 2.88 bits per heavy atom. The molecule has 0 unspecified atom stereocenters. The number of nitrogens with one attached hydrogen (secondary N) is 1. The van der Waals surface area contributed by atoms with Crippen LogP contribution in [0.4, 0.5) is 0 Å². The number of hydrogen-bond donors (Lipinski definition) is 1. The van der Waals surface area contributed by atoms with Crippen molar-refractivity contribution in [2.45, 2.75) is 33.4 Å². The molecule has 26 heavy (non-hydrogen) atoms. The molecule has 0 aliphatic carbocycles. The van der Waals surface area contributed by atoms with E-state index in [1.807, 2.05) is 22.9 Å². The molecule has 0 bridgehead atoms. The number of aromatic nitrogens is 3. The molecular formula is C20H26N4O2. The van der Waals surface area contributed by atoms with Crippen LogP contribution in [0.15, 0.2) is 49.2 Å². The summed E-state index contributed by atoms with van der Waals surface area (Å²) >= 11 is 0. The molecule has 6 nitrogen and oxygen atoms in total. The largest absolute Gasteiger partial charge is 0.483 e. The Hall–Kier alpha value is -2.76. The lowest BCUT2D eigenvalue weighted by atomic mass is 10.1. The minimum absolute atomic E-state index is 0.0141. The van der Waals surface area contributed by atoms with E-state index in [0.29, 0.717) is 19.0 Å². The van der Waals surface area contributed by atoms with E-state index in [2.05, 4.69) is 47.0 Å². The summed E-state index contributed by atoms with van der Waals surface area (Å²) in [5.41, 5.74) is 1.14. The molecule has 0 atom stereocenters. The first kappa shape index (κ1) is 18.0. The molecular weight excluding hydrogens is 328 g/mol. The van der Waals surface area contributed by atoms with E-state index in [1.54, 1.807) is 12.5 Å². The molecule has 138 valence electrons. The zero-order valence-electron chi connectivity index (χ0n) is 15.4. The van der Waals surface area contributed by atoms with Gasteiger partial charge in [0.25, 0.3) is 5.91 Å². The van der Waals surface area contributed by atoms with E-state index in [9.17, 15) is 4.79 Å². The number of fused-ring (bicyclic) bond motifs is 1. The van der Waals surface area contributed by atoms with Gasteiger partial charge in [0.15, 0.2) is 6.61 Å². The molecule has 0 fully saturated rings. The van der Waals surface area contributed by atoms with Gasteiger partial charge in [-0.05, 0) is 30.5 Å². The van der Waals surface area contributed by atoms with Gasteiger partial charge in [-0.3, -0.25) is 4.79 Å². The second kappa shape index (κ2) is 8.56. The molecule has 0 spiro atoms. The quantitative estimate of drug-likeness (QED) is 0.642.